The summed E-state index contributed by atoms with van der Waals surface area (Å²) < 4.78 is 4.93. The molecule has 0 saturated carbocycles. The SMILES string of the molecule is COC(=O)C(C)C1(C)CC2(C)N1C21SCC2NC(=O)NC21. The second-order valence-corrected chi connectivity index (χ2v) is 8.34. The minimum atomic E-state index is -0.183. The summed E-state index contributed by atoms with van der Waals surface area (Å²) in [6.45, 7) is 6.34. The summed E-state index contributed by atoms with van der Waals surface area (Å²) in [5.41, 5.74) is -0.107. The van der Waals surface area contributed by atoms with E-state index in [0.717, 1.165) is 12.2 Å². The maximum absolute atomic E-state index is 12.0. The van der Waals surface area contributed by atoms with Gasteiger partial charge in [-0.2, -0.15) is 0 Å². The summed E-state index contributed by atoms with van der Waals surface area (Å²) in [5, 5.41) is 6.08. The summed E-state index contributed by atoms with van der Waals surface area (Å²) in [4.78, 5) is 26.0. The monoisotopic (exact) mass is 311 g/mol. The Morgan fingerprint density at radius 2 is 2.19 bits per heavy atom. The number of urea groups is 1. The smallest absolute Gasteiger partial charge is 0.315 e. The van der Waals surface area contributed by atoms with Gasteiger partial charge in [0, 0.05) is 11.3 Å². The summed E-state index contributed by atoms with van der Waals surface area (Å²) in [6, 6.07) is 0.262. The van der Waals surface area contributed by atoms with Gasteiger partial charge < -0.3 is 15.4 Å². The maximum atomic E-state index is 12.0. The number of nitrogens with zero attached hydrogens (tertiary/aromatic N) is 1. The van der Waals surface area contributed by atoms with Crippen LogP contribution in [0.3, 0.4) is 0 Å². The number of rotatable bonds is 2. The molecule has 4 fully saturated rings. The molecule has 4 aliphatic heterocycles. The summed E-state index contributed by atoms with van der Waals surface area (Å²) in [6.07, 6.45) is 0.961. The average molecular weight is 311 g/mol. The number of nitrogens with one attached hydrogen (secondary N) is 2. The van der Waals surface area contributed by atoms with Crippen LogP contribution in [0, 0.1) is 5.92 Å². The Balaban J connectivity index is 1.64. The highest BCUT2D eigenvalue weighted by Gasteiger charge is 2.90. The van der Waals surface area contributed by atoms with Gasteiger partial charge in [0.1, 0.15) is 4.87 Å². The number of esters is 1. The van der Waals surface area contributed by atoms with Crippen LogP contribution >= 0.6 is 11.8 Å². The van der Waals surface area contributed by atoms with Crippen molar-refractivity contribution in [2.24, 2.45) is 5.92 Å². The van der Waals surface area contributed by atoms with E-state index in [0.29, 0.717) is 0 Å². The van der Waals surface area contributed by atoms with E-state index >= 15 is 0 Å². The molecule has 4 heterocycles. The van der Waals surface area contributed by atoms with Crippen molar-refractivity contribution in [3.8, 4) is 0 Å². The molecule has 0 radical (unpaired) electrons. The molecule has 1 spiro atoms. The second kappa shape index (κ2) is 3.68. The quantitative estimate of drug-likeness (QED) is 0.442. The lowest BCUT2D eigenvalue weighted by Gasteiger charge is -2.47. The lowest BCUT2D eigenvalue weighted by atomic mass is 9.73. The molecule has 0 aromatic rings. The average Bonchev–Trinajstić information content (AvgIpc) is 2.75. The molecule has 2 N–H and O–H groups in total. The summed E-state index contributed by atoms with van der Waals surface area (Å²) in [5.74, 6) is 0.604. The van der Waals surface area contributed by atoms with Gasteiger partial charge in [-0.15, -0.1) is 11.8 Å². The van der Waals surface area contributed by atoms with Crippen molar-refractivity contribution in [1.82, 2.24) is 15.5 Å². The van der Waals surface area contributed by atoms with Crippen molar-refractivity contribution in [2.45, 2.75) is 55.2 Å². The summed E-state index contributed by atoms with van der Waals surface area (Å²) in [7, 11) is 1.44. The number of thioether (sulfide) groups is 1. The number of fused-ring (bicyclic) bond motifs is 5. The van der Waals surface area contributed by atoms with Crippen molar-refractivity contribution in [2.75, 3.05) is 12.9 Å². The largest absolute Gasteiger partial charge is 0.469 e. The molecule has 4 aliphatic rings. The van der Waals surface area contributed by atoms with E-state index in [1.54, 1.807) is 0 Å². The van der Waals surface area contributed by atoms with Crippen LogP contribution in [0.1, 0.15) is 27.2 Å². The Morgan fingerprint density at radius 1 is 1.48 bits per heavy atom. The minimum absolute atomic E-state index is 0.0616. The zero-order chi connectivity index (χ0) is 15.2. The van der Waals surface area contributed by atoms with Crippen molar-refractivity contribution >= 4 is 23.8 Å². The molecule has 7 unspecified atom stereocenters. The Labute approximate surface area is 128 Å². The third-order valence-corrected chi connectivity index (χ3v) is 8.00. The van der Waals surface area contributed by atoms with Crippen LogP contribution in [0.25, 0.3) is 0 Å². The molecule has 7 heteroatoms. The molecule has 0 bridgehead atoms. The van der Waals surface area contributed by atoms with E-state index in [9.17, 15) is 9.59 Å². The molecule has 0 aliphatic carbocycles. The normalized spacial score (nSPS) is 54.1. The fourth-order valence-corrected chi connectivity index (χ4v) is 7.25. The standard InChI is InChI=1S/C14H21N3O3S/c1-7(10(18)20-4)12(2)6-13(3)14(17(12)13)9-8(5-21-14)15-11(19)16-9/h7-9H,5-6H2,1-4H3,(H2,15,16,19). The number of carbonyl (C=O) groups excluding carboxylic acids is 2. The van der Waals surface area contributed by atoms with Gasteiger partial charge in [-0.1, -0.05) is 6.92 Å². The minimum Gasteiger partial charge on any atom is -0.469 e. The molecule has 4 saturated heterocycles. The maximum Gasteiger partial charge on any atom is 0.315 e. The highest BCUT2D eigenvalue weighted by molar-refractivity contribution is 8.01. The van der Waals surface area contributed by atoms with E-state index in [1.807, 2.05) is 18.7 Å². The predicted octanol–water partition coefficient (Wildman–Crippen LogP) is 0.525. The van der Waals surface area contributed by atoms with Crippen molar-refractivity contribution in [3.05, 3.63) is 0 Å². The molecule has 2 amide bonds. The van der Waals surface area contributed by atoms with Gasteiger partial charge >= 0.3 is 12.0 Å². The van der Waals surface area contributed by atoms with Gasteiger partial charge in [0.25, 0.3) is 0 Å². The van der Waals surface area contributed by atoms with Gasteiger partial charge in [0.15, 0.2) is 0 Å². The van der Waals surface area contributed by atoms with Crippen LogP contribution in [-0.4, -0.2) is 57.8 Å². The molecular formula is C14H21N3O3S. The predicted molar refractivity (Wildman–Crippen MR) is 78.9 cm³/mol. The number of methoxy groups -OCH3 is 1. The van der Waals surface area contributed by atoms with Crippen LogP contribution in [0.5, 0.6) is 0 Å². The first-order chi connectivity index (χ1) is 9.81. The zero-order valence-corrected chi connectivity index (χ0v) is 13.5. The Bertz CT molecular complexity index is 558. The number of amides is 2. The van der Waals surface area contributed by atoms with Gasteiger partial charge in [0.2, 0.25) is 0 Å². The number of hydrogen-bond acceptors (Lipinski definition) is 5. The fourth-order valence-electron chi connectivity index (χ4n) is 5.17. The topological polar surface area (TPSA) is 70.4 Å². The third kappa shape index (κ3) is 1.27. The lowest BCUT2D eigenvalue weighted by Crippen LogP contribution is -2.57. The second-order valence-electron chi connectivity index (χ2n) is 7.10. The van der Waals surface area contributed by atoms with Crippen LogP contribution < -0.4 is 10.6 Å². The van der Waals surface area contributed by atoms with E-state index < -0.39 is 0 Å². The number of hydrogen-bond donors (Lipinski definition) is 2. The van der Waals surface area contributed by atoms with Crippen LogP contribution in [0.2, 0.25) is 0 Å². The Morgan fingerprint density at radius 3 is 2.86 bits per heavy atom. The molecule has 116 valence electrons. The van der Waals surface area contributed by atoms with E-state index in [-0.39, 0.29) is 46.0 Å². The molecule has 21 heavy (non-hydrogen) atoms. The molecule has 0 aromatic heterocycles. The lowest BCUT2D eigenvalue weighted by molar-refractivity contribution is -0.152. The van der Waals surface area contributed by atoms with Crippen LogP contribution in [0.15, 0.2) is 0 Å². The van der Waals surface area contributed by atoms with Gasteiger partial charge in [0.05, 0.1) is 30.7 Å². The van der Waals surface area contributed by atoms with E-state index in [2.05, 4.69) is 29.4 Å². The highest BCUT2D eigenvalue weighted by atomic mass is 32.2. The van der Waals surface area contributed by atoms with E-state index in [4.69, 9.17) is 4.74 Å². The van der Waals surface area contributed by atoms with Gasteiger partial charge in [-0.25, -0.2) is 4.79 Å². The zero-order valence-electron chi connectivity index (χ0n) is 12.7. The molecular weight excluding hydrogens is 290 g/mol. The molecule has 7 atom stereocenters. The summed E-state index contributed by atoms with van der Waals surface area (Å²) >= 11 is 1.92. The van der Waals surface area contributed by atoms with Gasteiger partial charge in [-0.3, -0.25) is 9.69 Å². The number of ether oxygens (including phenoxy) is 1. The van der Waals surface area contributed by atoms with Crippen LogP contribution in [-0.2, 0) is 9.53 Å². The highest BCUT2D eigenvalue weighted by Crippen LogP contribution is 2.78. The first-order valence-electron chi connectivity index (χ1n) is 7.40. The fraction of sp³-hybridized carbons (Fsp3) is 0.857. The van der Waals surface area contributed by atoms with Crippen LogP contribution in [0.4, 0.5) is 4.79 Å². The Hall–Kier alpha value is -0.950. The van der Waals surface area contributed by atoms with Crippen molar-refractivity contribution in [3.63, 3.8) is 0 Å². The molecule has 6 nitrogen and oxygen atoms in total. The third-order valence-electron chi connectivity index (χ3n) is 6.16. The first-order valence-corrected chi connectivity index (χ1v) is 8.39. The van der Waals surface area contributed by atoms with Crippen molar-refractivity contribution < 1.29 is 14.3 Å². The molecule has 0 aromatic carbocycles. The number of carbonyl (C=O) groups is 2. The Kier molecular flexibility index (Phi) is 2.40. The first kappa shape index (κ1) is 13.7. The van der Waals surface area contributed by atoms with Crippen molar-refractivity contribution in [1.29, 1.82) is 0 Å². The molecule has 4 rings (SSSR count). The van der Waals surface area contributed by atoms with E-state index in [1.165, 1.54) is 7.11 Å². The van der Waals surface area contributed by atoms with Gasteiger partial charge in [-0.05, 0) is 20.3 Å².